The van der Waals surface area contributed by atoms with Crippen LogP contribution in [0, 0.1) is 6.92 Å². The molecule has 0 bridgehead atoms. The van der Waals surface area contributed by atoms with E-state index in [1.165, 1.54) is 5.56 Å². The van der Waals surface area contributed by atoms with E-state index in [1.807, 2.05) is 31.2 Å². The van der Waals surface area contributed by atoms with Gasteiger partial charge in [0.15, 0.2) is 0 Å². The molecule has 0 aromatic heterocycles. The summed E-state index contributed by atoms with van der Waals surface area (Å²) in [5.41, 5.74) is 2.12. The molecule has 0 saturated carbocycles. The number of carbonyl (C=O) groups excluding carboxylic acids is 1. The lowest BCUT2D eigenvalue weighted by Gasteiger charge is -2.20. The summed E-state index contributed by atoms with van der Waals surface area (Å²) in [5, 5.41) is 0. The van der Waals surface area contributed by atoms with Crippen molar-refractivity contribution in [2.24, 2.45) is 0 Å². The Morgan fingerprint density at radius 3 is 2.67 bits per heavy atom. The summed E-state index contributed by atoms with van der Waals surface area (Å²) in [6.45, 7) is 4.60. The lowest BCUT2D eigenvalue weighted by Crippen LogP contribution is -2.32. The summed E-state index contributed by atoms with van der Waals surface area (Å²) in [7, 11) is 0. The first-order chi connectivity index (χ1) is 7.22. The van der Waals surface area contributed by atoms with Crippen LogP contribution in [0.25, 0.3) is 0 Å². The lowest BCUT2D eigenvalue weighted by molar-refractivity contribution is 0.178. The third-order valence-electron chi connectivity index (χ3n) is 2.74. The maximum atomic E-state index is 11.5. The highest BCUT2D eigenvalue weighted by atomic mass is 16.6. The molecule has 1 saturated heterocycles. The highest BCUT2D eigenvalue weighted by Crippen LogP contribution is 2.24. The smallest absolute Gasteiger partial charge is 0.414 e. The third kappa shape index (κ3) is 1.82. The second-order valence-corrected chi connectivity index (χ2v) is 3.84. The van der Waals surface area contributed by atoms with Crippen molar-refractivity contribution in [2.45, 2.75) is 26.3 Å². The van der Waals surface area contributed by atoms with E-state index in [9.17, 15) is 4.79 Å². The van der Waals surface area contributed by atoms with Gasteiger partial charge in [-0.3, -0.25) is 4.90 Å². The molecule has 1 amide bonds. The highest BCUT2D eigenvalue weighted by Gasteiger charge is 2.32. The molecular formula is C12H15NO2. The monoisotopic (exact) mass is 205 g/mol. The average Bonchev–Trinajstić information content (AvgIpc) is 2.61. The number of hydrogen-bond acceptors (Lipinski definition) is 2. The van der Waals surface area contributed by atoms with E-state index in [2.05, 4.69) is 6.92 Å². The largest absolute Gasteiger partial charge is 0.447 e. The molecule has 15 heavy (non-hydrogen) atoms. The fraction of sp³-hybridized carbons (Fsp3) is 0.417. The summed E-state index contributed by atoms with van der Waals surface area (Å²) >= 11 is 0. The van der Waals surface area contributed by atoms with Crippen LogP contribution in [-0.4, -0.2) is 18.7 Å². The number of rotatable bonds is 2. The van der Waals surface area contributed by atoms with Gasteiger partial charge in [0.25, 0.3) is 0 Å². The first kappa shape index (κ1) is 10.0. The quantitative estimate of drug-likeness (QED) is 0.743. The van der Waals surface area contributed by atoms with Gasteiger partial charge in [0.1, 0.15) is 6.61 Å². The molecule has 1 unspecified atom stereocenters. The molecule has 0 radical (unpaired) electrons. The molecule has 1 atom stereocenters. The number of nitrogens with zero attached hydrogens (tertiary/aromatic N) is 1. The molecular weight excluding hydrogens is 190 g/mol. The number of ether oxygens (including phenoxy) is 1. The van der Waals surface area contributed by atoms with E-state index in [4.69, 9.17) is 4.74 Å². The number of amides is 1. The first-order valence-electron chi connectivity index (χ1n) is 5.25. The zero-order valence-electron chi connectivity index (χ0n) is 9.06. The summed E-state index contributed by atoms with van der Waals surface area (Å²) in [4.78, 5) is 13.3. The Morgan fingerprint density at radius 2 is 2.07 bits per heavy atom. The summed E-state index contributed by atoms with van der Waals surface area (Å²) in [5.74, 6) is 0. The Balaban J connectivity index is 2.28. The van der Waals surface area contributed by atoms with Crippen LogP contribution in [0.15, 0.2) is 24.3 Å². The van der Waals surface area contributed by atoms with Crippen molar-refractivity contribution in [3.8, 4) is 0 Å². The van der Waals surface area contributed by atoms with E-state index >= 15 is 0 Å². The Kier molecular flexibility index (Phi) is 2.62. The third-order valence-corrected chi connectivity index (χ3v) is 2.74. The standard InChI is InChI=1S/C12H15NO2/c1-3-10-8-15-12(14)13(10)11-6-4-9(2)5-7-11/h4-7,10H,3,8H2,1-2H3. The molecule has 0 N–H and O–H groups in total. The Hall–Kier alpha value is -1.51. The van der Waals surface area contributed by atoms with Gasteiger partial charge >= 0.3 is 6.09 Å². The summed E-state index contributed by atoms with van der Waals surface area (Å²) in [6, 6.07) is 8.12. The van der Waals surface area contributed by atoms with E-state index in [1.54, 1.807) is 4.90 Å². The van der Waals surface area contributed by atoms with Crippen LogP contribution in [-0.2, 0) is 4.74 Å². The van der Waals surface area contributed by atoms with Gasteiger partial charge in [0.2, 0.25) is 0 Å². The van der Waals surface area contributed by atoms with Crippen LogP contribution in [0.1, 0.15) is 18.9 Å². The van der Waals surface area contributed by atoms with Crippen molar-refractivity contribution in [2.75, 3.05) is 11.5 Å². The maximum Gasteiger partial charge on any atom is 0.414 e. The number of benzene rings is 1. The lowest BCUT2D eigenvalue weighted by atomic mass is 10.1. The molecule has 3 heteroatoms. The van der Waals surface area contributed by atoms with E-state index in [0.29, 0.717) is 6.61 Å². The zero-order valence-corrected chi connectivity index (χ0v) is 9.06. The molecule has 0 spiro atoms. The van der Waals surface area contributed by atoms with Crippen LogP contribution >= 0.6 is 0 Å². The summed E-state index contributed by atoms with van der Waals surface area (Å²) < 4.78 is 5.04. The Bertz CT molecular complexity index is 358. The minimum Gasteiger partial charge on any atom is -0.447 e. The van der Waals surface area contributed by atoms with Gasteiger partial charge in [-0.05, 0) is 25.5 Å². The molecule has 1 aromatic rings. The van der Waals surface area contributed by atoms with Crippen LogP contribution in [0.3, 0.4) is 0 Å². The number of anilines is 1. The Labute approximate surface area is 89.7 Å². The normalized spacial score (nSPS) is 20.5. The molecule has 1 aromatic carbocycles. The minimum atomic E-state index is -0.231. The zero-order chi connectivity index (χ0) is 10.8. The number of hydrogen-bond donors (Lipinski definition) is 0. The van der Waals surface area contributed by atoms with Crippen molar-refractivity contribution in [3.63, 3.8) is 0 Å². The predicted molar refractivity (Wildman–Crippen MR) is 59.1 cm³/mol. The highest BCUT2D eigenvalue weighted by molar-refractivity contribution is 5.90. The second kappa shape index (κ2) is 3.93. The second-order valence-electron chi connectivity index (χ2n) is 3.84. The molecule has 1 fully saturated rings. The van der Waals surface area contributed by atoms with Gasteiger partial charge in [-0.25, -0.2) is 4.79 Å². The predicted octanol–water partition coefficient (Wildman–Crippen LogP) is 2.73. The van der Waals surface area contributed by atoms with Crippen molar-refractivity contribution < 1.29 is 9.53 Å². The van der Waals surface area contributed by atoms with Crippen LogP contribution in [0.4, 0.5) is 10.5 Å². The van der Waals surface area contributed by atoms with Gasteiger partial charge < -0.3 is 4.74 Å². The SMILES string of the molecule is CCC1COC(=O)N1c1ccc(C)cc1. The number of carbonyl (C=O) groups is 1. The topological polar surface area (TPSA) is 29.5 Å². The van der Waals surface area contributed by atoms with Crippen molar-refractivity contribution in [3.05, 3.63) is 29.8 Å². The maximum absolute atomic E-state index is 11.5. The average molecular weight is 205 g/mol. The molecule has 2 rings (SSSR count). The van der Waals surface area contributed by atoms with E-state index in [0.717, 1.165) is 12.1 Å². The van der Waals surface area contributed by atoms with Gasteiger partial charge in [-0.2, -0.15) is 0 Å². The Morgan fingerprint density at radius 1 is 1.40 bits per heavy atom. The van der Waals surface area contributed by atoms with E-state index in [-0.39, 0.29) is 12.1 Å². The molecule has 1 aliphatic heterocycles. The fourth-order valence-electron chi connectivity index (χ4n) is 1.78. The molecule has 3 nitrogen and oxygen atoms in total. The molecule has 80 valence electrons. The molecule has 1 aliphatic rings. The minimum absolute atomic E-state index is 0.181. The fourth-order valence-corrected chi connectivity index (χ4v) is 1.78. The van der Waals surface area contributed by atoms with Crippen molar-refractivity contribution in [1.82, 2.24) is 0 Å². The molecule has 1 heterocycles. The van der Waals surface area contributed by atoms with E-state index < -0.39 is 0 Å². The van der Waals surface area contributed by atoms with Crippen LogP contribution in [0.5, 0.6) is 0 Å². The van der Waals surface area contributed by atoms with Crippen LogP contribution < -0.4 is 4.90 Å². The van der Waals surface area contributed by atoms with Crippen LogP contribution in [0.2, 0.25) is 0 Å². The van der Waals surface area contributed by atoms with Gasteiger partial charge in [-0.1, -0.05) is 24.6 Å². The van der Waals surface area contributed by atoms with Gasteiger partial charge in [0.05, 0.1) is 6.04 Å². The number of aryl methyl sites for hydroxylation is 1. The number of cyclic esters (lactones) is 1. The summed E-state index contributed by atoms with van der Waals surface area (Å²) in [6.07, 6.45) is 0.685. The van der Waals surface area contributed by atoms with Gasteiger partial charge in [0, 0.05) is 5.69 Å². The molecule has 0 aliphatic carbocycles. The van der Waals surface area contributed by atoms with Gasteiger partial charge in [-0.15, -0.1) is 0 Å². The van der Waals surface area contributed by atoms with Crippen molar-refractivity contribution >= 4 is 11.8 Å². The first-order valence-corrected chi connectivity index (χ1v) is 5.25. The van der Waals surface area contributed by atoms with Crippen molar-refractivity contribution in [1.29, 1.82) is 0 Å².